The molecule has 0 atom stereocenters. The highest BCUT2D eigenvalue weighted by atomic mass is 16.1. The Kier molecular flexibility index (Phi) is 3.79. The zero-order valence-corrected chi connectivity index (χ0v) is 15.4. The molecule has 3 aromatic heterocycles. The normalized spacial score (nSPS) is 11.3. The van der Waals surface area contributed by atoms with E-state index >= 15 is 0 Å². The molecule has 0 spiro atoms. The lowest BCUT2D eigenvalue weighted by Gasteiger charge is -2.06. The van der Waals surface area contributed by atoms with E-state index in [0.717, 1.165) is 21.9 Å². The minimum Gasteiger partial charge on any atom is -0.342 e. The highest BCUT2D eigenvalue weighted by Gasteiger charge is 2.19. The Morgan fingerprint density at radius 1 is 1.07 bits per heavy atom. The van der Waals surface area contributed by atoms with Gasteiger partial charge in [0.1, 0.15) is 0 Å². The van der Waals surface area contributed by atoms with Gasteiger partial charge < -0.3 is 9.55 Å². The number of rotatable bonds is 4. The Bertz CT molecular complexity index is 1280. The van der Waals surface area contributed by atoms with Crippen molar-refractivity contribution in [2.45, 2.75) is 13.5 Å². The molecule has 0 unspecified atom stereocenters. The molecule has 5 heteroatoms. The fourth-order valence-electron chi connectivity index (χ4n) is 3.54. The molecule has 0 saturated carbocycles. The Morgan fingerprint density at radius 2 is 1.89 bits per heavy atom. The number of benzene rings is 2. The average molecular weight is 366 g/mol. The van der Waals surface area contributed by atoms with Gasteiger partial charge >= 0.3 is 0 Å². The van der Waals surface area contributed by atoms with Crippen molar-refractivity contribution in [1.82, 2.24) is 19.5 Å². The molecule has 0 radical (unpaired) electrons. The number of carbonyl (C=O) groups excluding carboxylic acids is 1. The number of fused-ring (bicyclic) bond motifs is 2. The highest BCUT2D eigenvalue weighted by Crippen LogP contribution is 2.25. The summed E-state index contributed by atoms with van der Waals surface area (Å²) >= 11 is 0. The molecular weight excluding hydrogens is 348 g/mol. The summed E-state index contributed by atoms with van der Waals surface area (Å²) in [5, 5.41) is 0.929. The Hall–Kier alpha value is -3.73. The number of imidazole rings is 1. The average Bonchev–Trinajstić information content (AvgIpc) is 3.31. The summed E-state index contributed by atoms with van der Waals surface area (Å²) in [5.74, 6) is 0.219. The van der Waals surface area contributed by atoms with Crippen LogP contribution in [0.25, 0.3) is 21.9 Å². The first-order valence-electron chi connectivity index (χ1n) is 9.17. The largest absolute Gasteiger partial charge is 0.342 e. The van der Waals surface area contributed by atoms with Crippen LogP contribution in [0.1, 0.15) is 27.3 Å². The monoisotopic (exact) mass is 366 g/mol. The van der Waals surface area contributed by atoms with Crippen LogP contribution in [0.3, 0.4) is 0 Å². The lowest BCUT2D eigenvalue weighted by atomic mass is 10.1. The molecule has 28 heavy (non-hydrogen) atoms. The third-order valence-corrected chi connectivity index (χ3v) is 5.01. The van der Waals surface area contributed by atoms with Crippen LogP contribution in [-0.2, 0) is 6.54 Å². The molecule has 1 N–H and O–H groups in total. The van der Waals surface area contributed by atoms with Gasteiger partial charge in [-0.25, -0.2) is 4.98 Å². The molecule has 0 bridgehead atoms. The molecule has 0 amide bonds. The smallest absolute Gasteiger partial charge is 0.230 e. The summed E-state index contributed by atoms with van der Waals surface area (Å²) in [4.78, 5) is 24.8. The minimum atomic E-state index is -0.116. The van der Waals surface area contributed by atoms with Crippen LogP contribution >= 0.6 is 0 Å². The fraction of sp³-hybridized carbons (Fsp3) is 0.0870. The molecule has 2 aromatic carbocycles. The Labute approximate surface area is 161 Å². The van der Waals surface area contributed by atoms with E-state index in [1.54, 1.807) is 18.5 Å². The first-order valence-corrected chi connectivity index (χ1v) is 9.17. The van der Waals surface area contributed by atoms with Crippen molar-refractivity contribution in [2.75, 3.05) is 0 Å². The summed E-state index contributed by atoms with van der Waals surface area (Å²) in [7, 11) is 0. The van der Waals surface area contributed by atoms with Crippen LogP contribution in [0.5, 0.6) is 0 Å². The van der Waals surface area contributed by atoms with Gasteiger partial charge in [-0.1, -0.05) is 48.0 Å². The van der Waals surface area contributed by atoms with Crippen LogP contribution in [0.2, 0.25) is 0 Å². The number of carbonyl (C=O) groups is 1. The van der Waals surface area contributed by atoms with E-state index < -0.39 is 0 Å². The van der Waals surface area contributed by atoms with Gasteiger partial charge in [-0.3, -0.25) is 9.78 Å². The number of hydrogen-bond acceptors (Lipinski definition) is 3. The lowest BCUT2D eigenvalue weighted by Crippen LogP contribution is -2.03. The SMILES string of the molecule is Cc1ccc(Cn2cc(C(=O)c3nc4ccncc4[nH]3)c3ccccc32)cc1. The van der Waals surface area contributed by atoms with Crippen molar-refractivity contribution in [2.24, 2.45) is 0 Å². The minimum absolute atomic E-state index is 0.116. The van der Waals surface area contributed by atoms with E-state index in [2.05, 4.69) is 50.7 Å². The number of ketones is 1. The number of aromatic amines is 1. The van der Waals surface area contributed by atoms with E-state index in [1.807, 2.05) is 30.5 Å². The molecule has 0 aliphatic rings. The van der Waals surface area contributed by atoms with Crippen molar-refractivity contribution in [1.29, 1.82) is 0 Å². The molecule has 0 aliphatic heterocycles. The van der Waals surface area contributed by atoms with Crippen molar-refractivity contribution >= 4 is 27.7 Å². The number of para-hydroxylation sites is 1. The predicted octanol–water partition coefficient (Wildman–Crippen LogP) is 4.50. The second-order valence-electron chi connectivity index (χ2n) is 6.98. The van der Waals surface area contributed by atoms with Gasteiger partial charge in [0.15, 0.2) is 5.82 Å². The molecule has 5 rings (SSSR count). The molecular formula is C23H18N4O. The van der Waals surface area contributed by atoms with Gasteiger partial charge in [0, 0.05) is 29.8 Å². The van der Waals surface area contributed by atoms with Gasteiger partial charge in [0.2, 0.25) is 5.78 Å². The van der Waals surface area contributed by atoms with E-state index in [4.69, 9.17) is 0 Å². The number of aromatic nitrogens is 4. The van der Waals surface area contributed by atoms with Gasteiger partial charge in [0.25, 0.3) is 0 Å². The maximum Gasteiger partial charge on any atom is 0.230 e. The van der Waals surface area contributed by atoms with Crippen molar-refractivity contribution in [3.63, 3.8) is 0 Å². The summed E-state index contributed by atoms with van der Waals surface area (Å²) in [6, 6.07) is 18.2. The van der Waals surface area contributed by atoms with E-state index in [0.29, 0.717) is 17.9 Å². The maximum atomic E-state index is 13.2. The highest BCUT2D eigenvalue weighted by molar-refractivity contribution is 6.15. The molecule has 0 saturated heterocycles. The Morgan fingerprint density at radius 3 is 2.71 bits per heavy atom. The second-order valence-corrected chi connectivity index (χ2v) is 6.98. The van der Waals surface area contributed by atoms with E-state index in [-0.39, 0.29) is 5.78 Å². The Balaban J connectivity index is 1.59. The van der Waals surface area contributed by atoms with Crippen molar-refractivity contribution in [3.8, 4) is 0 Å². The predicted molar refractivity (Wildman–Crippen MR) is 110 cm³/mol. The van der Waals surface area contributed by atoms with Gasteiger partial charge in [-0.15, -0.1) is 0 Å². The van der Waals surface area contributed by atoms with E-state index in [9.17, 15) is 4.79 Å². The van der Waals surface area contributed by atoms with Crippen LogP contribution in [0.4, 0.5) is 0 Å². The lowest BCUT2D eigenvalue weighted by molar-refractivity contribution is 0.103. The summed E-state index contributed by atoms with van der Waals surface area (Å²) in [5.41, 5.74) is 5.60. The number of hydrogen-bond donors (Lipinski definition) is 1. The summed E-state index contributed by atoms with van der Waals surface area (Å²) < 4.78 is 2.12. The standard InChI is InChI=1S/C23H18N4O/c1-15-6-8-16(9-7-15)13-27-14-18(17-4-2-3-5-21(17)27)22(28)23-25-19-10-11-24-12-20(19)26-23/h2-12,14H,13H2,1H3,(H,25,26). The van der Waals surface area contributed by atoms with Gasteiger partial charge in [0.05, 0.1) is 22.8 Å². The number of H-pyrrole nitrogens is 1. The summed E-state index contributed by atoms with van der Waals surface area (Å²) in [6.07, 6.45) is 5.28. The number of aryl methyl sites for hydroxylation is 1. The van der Waals surface area contributed by atoms with Crippen LogP contribution in [0.15, 0.2) is 73.2 Å². The van der Waals surface area contributed by atoms with Crippen LogP contribution in [-0.4, -0.2) is 25.3 Å². The van der Waals surface area contributed by atoms with Crippen LogP contribution < -0.4 is 0 Å². The third kappa shape index (κ3) is 2.77. The molecule has 0 aliphatic carbocycles. The third-order valence-electron chi connectivity index (χ3n) is 5.01. The number of nitrogens with one attached hydrogen (secondary N) is 1. The van der Waals surface area contributed by atoms with Gasteiger partial charge in [-0.2, -0.15) is 0 Å². The van der Waals surface area contributed by atoms with Crippen molar-refractivity contribution in [3.05, 3.63) is 95.7 Å². The maximum absolute atomic E-state index is 13.2. The number of pyridine rings is 1. The zero-order chi connectivity index (χ0) is 19.1. The summed E-state index contributed by atoms with van der Waals surface area (Å²) in [6.45, 7) is 2.78. The molecule has 3 heterocycles. The van der Waals surface area contributed by atoms with Crippen LogP contribution in [0, 0.1) is 6.92 Å². The molecule has 5 aromatic rings. The molecule has 136 valence electrons. The second kappa shape index (κ2) is 6.46. The topological polar surface area (TPSA) is 63.6 Å². The van der Waals surface area contributed by atoms with E-state index in [1.165, 1.54) is 11.1 Å². The molecule has 5 nitrogen and oxygen atoms in total. The first-order chi connectivity index (χ1) is 13.7. The molecule has 0 fully saturated rings. The van der Waals surface area contributed by atoms with Crippen molar-refractivity contribution < 1.29 is 4.79 Å². The number of nitrogens with zero attached hydrogens (tertiary/aromatic N) is 3. The quantitative estimate of drug-likeness (QED) is 0.476. The first kappa shape index (κ1) is 16.4. The fourth-order valence-corrected chi connectivity index (χ4v) is 3.54. The van der Waals surface area contributed by atoms with Gasteiger partial charge in [-0.05, 0) is 24.6 Å². The zero-order valence-electron chi connectivity index (χ0n) is 15.4.